The van der Waals surface area contributed by atoms with Crippen LogP contribution in [0.15, 0.2) is 73.1 Å². The summed E-state index contributed by atoms with van der Waals surface area (Å²) < 4.78 is 0. The lowest BCUT2D eigenvalue weighted by Crippen LogP contribution is -2.15. The predicted molar refractivity (Wildman–Crippen MR) is 169 cm³/mol. The van der Waals surface area contributed by atoms with Gasteiger partial charge in [0.25, 0.3) is 0 Å². The van der Waals surface area contributed by atoms with Crippen molar-refractivity contribution in [3.05, 3.63) is 107 Å². The van der Waals surface area contributed by atoms with Crippen LogP contribution in [0, 0.1) is 27.7 Å². The molecule has 4 rings (SSSR count). The summed E-state index contributed by atoms with van der Waals surface area (Å²) in [6.07, 6.45) is 3.18. The van der Waals surface area contributed by atoms with Gasteiger partial charge < -0.3 is 21.1 Å². The first-order valence-electron chi connectivity index (χ1n) is 13.2. The predicted octanol–water partition coefficient (Wildman–Crippen LogP) is 6.20. The molecular weight excluding hydrogens is 562 g/mol. The summed E-state index contributed by atoms with van der Waals surface area (Å²) in [5.41, 5.74) is 15.7. The topological polar surface area (TPSA) is 181 Å². The van der Waals surface area contributed by atoms with E-state index >= 15 is 0 Å². The van der Waals surface area contributed by atoms with Gasteiger partial charge in [0.05, 0.1) is 6.42 Å². The number of carboxylic acid groups (broad SMARTS) is 3. The van der Waals surface area contributed by atoms with Crippen LogP contribution in [0.4, 0.5) is 0 Å². The highest BCUT2D eigenvalue weighted by molar-refractivity contribution is 5.88. The van der Waals surface area contributed by atoms with Gasteiger partial charge in [-0.25, -0.2) is 0 Å². The van der Waals surface area contributed by atoms with Crippen LogP contribution in [-0.2, 0) is 14.4 Å². The molecule has 1 unspecified atom stereocenters. The van der Waals surface area contributed by atoms with Gasteiger partial charge in [0.1, 0.15) is 6.42 Å². The maximum Gasteiger partial charge on any atom is 0.314 e. The molecule has 0 fully saturated rings. The molecule has 0 radical (unpaired) electrons. The number of aryl methyl sites for hydroxylation is 4. The SMILES string of the molecule is C.Cc1ccccc1-c1cc(C(N)CC(=O)O)cnc1C.Cc1ccccc1-c1cc(C=O)cnc1C.O=C(O)CC(=O)O. The molecule has 10 heteroatoms. The molecule has 0 saturated carbocycles. The number of aldehydes is 1. The first-order valence-corrected chi connectivity index (χ1v) is 13.2. The Kier molecular flexibility index (Phi) is 14.8. The molecule has 0 spiro atoms. The van der Waals surface area contributed by atoms with Gasteiger partial charge in [0.2, 0.25) is 0 Å². The Morgan fingerprint density at radius 2 is 1.18 bits per heavy atom. The summed E-state index contributed by atoms with van der Waals surface area (Å²) in [7, 11) is 0. The second kappa shape index (κ2) is 17.7. The van der Waals surface area contributed by atoms with Crippen molar-refractivity contribution < 1.29 is 34.5 Å². The molecule has 4 aromatic rings. The number of hydrogen-bond acceptors (Lipinski definition) is 7. The van der Waals surface area contributed by atoms with E-state index in [1.165, 1.54) is 5.56 Å². The monoisotopic (exact) mass is 601 g/mol. The summed E-state index contributed by atoms with van der Waals surface area (Å²) in [6, 6.07) is 19.4. The molecule has 1 atom stereocenters. The fourth-order valence-corrected chi connectivity index (χ4v) is 4.10. The number of carbonyl (C=O) groups is 4. The molecule has 0 saturated heterocycles. The van der Waals surface area contributed by atoms with E-state index in [9.17, 15) is 19.2 Å². The number of rotatable bonds is 8. The number of carboxylic acids is 3. The van der Waals surface area contributed by atoms with Crippen molar-refractivity contribution in [3.63, 3.8) is 0 Å². The quantitative estimate of drug-likeness (QED) is 0.134. The Bertz CT molecular complexity index is 1590. The van der Waals surface area contributed by atoms with E-state index in [2.05, 4.69) is 23.0 Å². The lowest BCUT2D eigenvalue weighted by atomic mass is 9.96. The zero-order chi connectivity index (χ0) is 32.1. The third-order valence-corrected chi connectivity index (χ3v) is 6.35. The van der Waals surface area contributed by atoms with Crippen molar-refractivity contribution >= 4 is 24.2 Å². The van der Waals surface area contributed by atoms with Crippen molar-refractivity contribution in [2.45, 2.75) is 54.0 Å². The lowest BCUT2D eigenvalue weighted by molar-refractivity contribution is -0.147. The van der Waals surface area contributed by atoms with E-state index in [1.54, 1.807) is 12.4 Å². The van der Waals surface area contributed by atoms with Gasteiger partial charge in [-0.1, -0.05) is 56.0 Å². The number of nitrogens with zero attached hydrogens (tertiary/aromatic N) is 2. The number of pyridine rings is 2. The van der Waals surface area contributed by atoms with Crippen molar-refractivity contribution in [2.24, 2.45) is 5.73 Å². The molecule has 2 aromatic carbocycles. The summed E-state index contributed by atoms with van der Waals surface area (Å²) in [4.78, 5) is 49.0. The number of aromatic nitrogens is 2. The van der Waals surface area contributed by atoms with Crippen LogP contribution in [0.5, 0.6) is 0 Å². The summed E-state index contributed by atoms with van der Waals surface area (Å²) in [5, 5.41) is 24.2. The Labute approximate surface area is 257 Å². The van der Waals surface area contributed by atoms with Crippen LogP contribution >= 0.6 is 0 Å². The van der Waals surface area contributed by atoms with Crippen LogP contribution in [0.2, 0.25) is 0 Å². The number of aliphatic carboxylic acids is 3. The van der Waals surface area contributed by atoms with Gasteiger partial charge in [-0.2, -0.15) is 0 Å². The van der Waals surface area contributed by atoms with Crippen molar-refractivity contribution in [1.82, 2.24) is 9.97 Å². The lowest BCUT2D eigenvalue weighted by Gasteiger charge is -2.14. The average Bonchev–Trinajstić information content (AvgIpc) is 2.94. The normalized spacial score (nSPS) is 10.5. The summed E-state index contributed by atoms with van der Waals surface area (Å²) in [6.45, 7) is 7.99. The number of hydrogen-bond donors (Lipinski definition) is 4. The molecule has 2 heterocycles. The smallest absolute Gasteiger partial charge is 0.314 e. The van der Waals surface area contributed by atoms with E-state index in [1.807, 2.05) is 75.4 Å². The first kappa shape index (κ1) is 36.8. The van der Waals surface area contributed by atoms with E-state index in [0.29, 0.717) is 5.56 Å². The minimum absolute atomic E-state index is 0. The Hall–Kier alpha value is -5.22. The maximum atomic E-state index is 10.8. The van der Waals surface area contributed by atoms with Gasteiger partial charge in [-0.15, -0.1) is 0 Å². The summed E-state index contributed by atoms with van der Waals surface area (Å²) in [5.74, 6) is -3.53. The van der Waals surface area contributed by atoms with E-state index in [0.717, 1.165) is 51.1 Å². The maximum absolute atomic E-state index is 10.8. The highest BCUT2D eigenvalue weighted by Crippen LogP contribution is 2.28. The Morgan fingerprint density at radius 3 is 1.59 bits per heavy atom. The highest BCUT2D eigenvalue weighted by Gasteiger charge is 2.14. The van der Waals surface area contributed by atoms with Crippen LogP contribution in [-0.4, -0.2) is 49.5 Å². The van der Waals surface area contributed by atoms with Crippen molar-refractivity contribution in [1.29, 1.82) is 0 Å². The van der Waals surface area contributed by atoms with Gasteiger partial charge >= 0.3 is 17.9 Å². The Balaban J connectivity index is 0.000000362. The zero-order valence-corrected chi connectivity index (χ0v) is 24.4. The van der Waals surface area contributed by atoms with Crippen LogP contribution < -0.4 is 5.73 Å². The zero-order valence-electron chi connectivity index (χ0n) is 24.4. The highest BCUT2D eigenvalue weighted by atomic mass is 16.4. The van der Waals surface area contributed by atoms with E-state index < -0.39 is 30.4 Å². The van der Waals surface area contributed by atoms with Crippen molar-refractivity contribution in [3.8, 4) is 22.3 Å². The van der Waals surface area contributed by atoms with Crippen molar-refractivity contribution in [2.75, 3.05) is 0 Å². The van der Waals surface area contributed by atoms with Gasteiger partial charge in [0, 0.05) is 46.5 Å². The molecule has 0 amide bonds. The number of nitrogens with two attached hydrogens (primary N) is 1. The van der Waals surface area contributed by atoms with Gasteiger partial charge in [-0.3, -0.25) is 29.1 Å². The largest absolute Gasteiger partial charge is 0.481 e. The molecule has 0 aliphatic heterocycles. The average molecular weight is 602 g/mol. The minimum atomic E-state index is -1.31. The van der Waals surface area contributed by atoms with Gasteiger partial charge in [-0.05, 0) is 67.6 Å². The first-order chi connectivity index (χ1) is 20.3. The third-order valence-electron chi connectivity index (χ3n) is 6.35. The molecule has 5 N–H and O–H groups in total. The molecule has 0 aliphatic carbocycles. The standard InChI is InChI=1S/C16H18N2O2.C14H13NO.C3H4O4.CH4/c1-10-5-3-4-6-13(10)14-7-12(9-18-11(14)2)15(17)8-16(19)20;1-10-5-3-4-6-13(10)14-7-12(9-16)8-15-11(14)2;4-2(5)1-3(6)7;/h3-7,9,15H,8,17H2,1-2H3,(H,19,20);3-9H,1-2H3;1H2,(H,4,5)(H,6,7);1H4. The summed E-state index contributed by atoms with van der Waals surface area (Å²) >= 11 is 0. The molecule has 232 valence electrons. The number of carbonyl (C=O) groups excluding carboxylic acids is 1. The second-order valence-electron chi connectivity index (χ2n) is 9.72. The van der Waals surface area contributed by atoms with E-state index in [4.69, 9.17) is 21.1 Å². The van der Waals surface area contributed by atoms with Crippen LogP contribution in [0.3, 0.4) is 0 Å². The molecule has 0 aliphatic rings. The molecule has 10 nitrogen and oxygen atoms in total. The van der Waals surface area contributed by atoms with Crippen LogP contribution in [0.25, 0.3) is 22.3 Å². The fourth-order valence-electron chi connectivity index (χ4n) is 4.10. The minimum Gasteiger partial charge on any atom is -0.481 e. The van der Waals surface area contributed by atoms with E-state index in [-0.39, 0.29) is 13.8 Å². The van der Waals surface area contributed by atoms with Gasteiger partial charge in [0.15, 0.2) is 6.29 Å². The second-order valence-corrected chi connectivity index (χ2v) is 9.72. The number of benzene rings is 2. The molecular formula is C34H39N3O7. The Morgan fingerprint density at radius 1 is 0.727 bits per heavy atom. The third kappa shape index (κ3) is 11.2. The molecule has 0 bridgehead atoms. The molecule has 44 heavy (non-hydrogen) atoms. The van der Waals surface area contributed by atoms with Crippen LogP contribution in [0.1, 0.15) is 64.7 Å². The molecule has 2 aromatic heterocycles. The fraction of sp³-hybridized carbons (Fsp3) is 0.235.